The topological polar surface area (TPSA) is 82.5 Å². The van der Waals surface area contributed by atoms with Gasteiger partial charge in [-0.1, -0.05) is 6.07 Å². The van der Waals surface area contributed by atoms with Crippen molar-refractivity contribution in [3.05, 3.63) is 53.3 Å². The molecule has 2 rings (SSSR count). The number of hydrogen-bond acceptors (Lipinski definition) is 4. The lowest BCUT2D eigenvalue weighted by Crippen LogP contribution is -2.04. The lowest BCUT2D eigenvalue weighted by atomic mass is 10.1. The molecule has 19 heavy (non-hydrogen) atoms. The highest BCUT2D eigenvalue weighted by atomic mass is 16.4. The maximum Gasteiger partial charge on any atom is 0.335 e. The highest BCUT2D eigenvalue weighted by molar-refractivity contribution is 5.89. The zero-order chi connectivity index (χ0) is 13.8. The maximum atomic E-state index is 10.9. The third-order valence-corrected chi connectivity index (χ3v) is 2.75. The first-order chi connectivity index (χ1) is 9.06. The first kappa shape index (κ1) is 12.9. The minimum Gasteiger partial charge on any atom is -0.506 e. The molecular weight excluding hydrogens is 244 g/mol. The van der Waals surface area contributed by atoms with Gasteiger partial charge in [-0.05, 0) is 36.8 Å². The number of aromatic carboxylic acids is 1. The molecule has 0 unspecified atom stereocenters. The summed E-state index contributed by atoms with van der Waals surface area (Å²) in [6, 6.07) is 8.19. The number of hydrogen-bond donors (Lipinski definition) is 3. The van der Waals surface area contributed by atoms with Crippen LogP contribution < -0.4 is 5.32 Å². The largest absolute Gasteiger partial charge is 0.506 e. The van der Waals surface area contributed by atoms with Crippen LogP contribution >= 0.6 is 0 Å². The Hall–Kier alpha value is -2.56. The van der Waals surface area contributed by atoms with Crippen LogP contribution in [0.5, 0.6) is 5.75 Å². The zero-order valence-corrected chi connectivity index (χ0v) is 10.4. The number of carboxylic acid groups (broad SMARTS) is 1. The summed E-state index contributed by atoms with van der Waals surface area (Å²) >= 11 is 0. The fourth-order valence-corrected chi connectivity index (χ4v) is 1.65. The van der Waals surface area contributed by atoms with Crippen LogP contribution in [0.2, 0.25) is 0 Å². The molecule has 1 aromatic heterocycles. The fourth-order valence-electron chi connectivity index (χ4n) is 1.65. The van der Waals surface area contributed by atoms with Gasteiger partial charge in [-0.15, -0.1) is 0 Å². The summed E-state index contributed by atoms with van der Waals surface area (Å²) in [6.45, 7) is 2.36. The third kappa shape index (κ3) is 3.22. The number of nitrogens with zero attached hydrogens (tertiary/aromatic N) is 1. The third-order valence-electron chi connectivity index (χ3n) is 2.75. The number of carboxylic acids is 1. The Labute approximate surface area is 110 Å². The van der Waals surface area contributed by atoms with E-state index in [0.29, 0.717) is 6.54 Å². The van der Waals surface area contributed by atoms with Gasteiger partial charge < -0.3 is 15.5 Å². The van der Waals surface area contributed by atoms with Gasteiger partial charge in [0, 0.05) is 5.69 Å². The van der Waals surface area contributed by atoms with Crippen molar-refractivity contribution in [1.82, 2.24) is 4.98 Å². The summed E-state index contributed by atoms with van der Waals surface area (Å²) in [6.07, 6.45) is 1.37. The Morgan fingerprint density at radius 3 is 2.74 bits per heavy atom. The van der Waals surface area contributed by atoms with E-state index in [9.17, 15) is 4.79 Å². The molecule has 3 N–H and O–H groups in total. The van der Waals surface area contributed by atoms with E-state index in [0.717, 1.165) is 16.9 Å². The van der Waals surface area contributed by atoms with Gasteiger partial charge in [-0.2, -0.15) is 0 Å². The van der Waals surface area contributed by atoms with Gasteiger partial charge in [0.15, 0.2) is 0 Å². The van der Waals surface area contributed by atoms with E-state index >= 15 is 0 Å². The first-order valence-corrected chi connectivity index (χ1v) is 5.78. The molecule has 0 atom stereocenters. The number of aromatic nitrogens is 1. The number of aryl methyl sites for hydroxylation is 1. The molecule has 1 heterocycles. The summed E-state index contributed by atoms with van der Waals surface area (Å²) < 4.78 is 0. The molecule has 0 aliphatic carbocycles. The van der Waals surface area contributed by atoms with Crippen molar-refractivity contribution in [1.29, 1.82) is 0 Å². The number of pyridine rings is 1. The van der Waals surface area contributed by atoms with Crippen molar-refractivity contribution < 1.29 is 15.0 Å². The lowest BCUT2D eigenvalue weighted by Gasteiger charge is -2.10. The van der Waals surface area contributed by atoms with E-state index in [-0.39, 0.29) is 11.3 Å². The summed E-state index contributed by atoms with van der Waals surface area (Å²) in [5.74, 6) is -0.835. The Morgan fingerprint density at radius 2 is 2.11 bits per heavy atom. The van der Waals surface area contributed by atoms with Crippen LogP contribution in [0.3, 0.4) is 0 Å². The Bertz CT molecular complexity index is 594. The second kappa shape index (κ2) is 5.39. The maximum absolute atomic E-state index is 10.9. The molecule has 0 aliphatic heterocycles. The van der Waals surface area contributed by atoms with Gasteiger partial charge in [-0.3, -0.25) is 4.98 Å². The monoisotopic (exact) mass is 258 g/mol. The van der Waals surface area contributed by atoms with Crippen LogP contribution in [0.25, 0.3) is 0 Å². The second-order valence-corrected chi connectivity index (χ2v) is 4.20. The summed E-state index contributed by atoms with van der Waals surface area (Å²) in [4.78, 5) is 15.0. The molecular formula is C14H14N2O3. The second-order valence-electron chi connectivity index (χ2n) is 4.20. The van der Waals surface area contributed by atoms with Crippen LogP contribution in [-0.2, 0) is 6.54 Å². The standard InChI is InChI=1S/C14H14N2O3/c1-9-2-3-10(14(18)19)6-13(9)16-7-11-4-5-12(17)8-15-11/h2-6,8,16-17H,7H2,1H3,(H,18,19). The van der Waals surface area contributed by atoms with Gasteiger partial charge in [0.1, 0.15) is 5.75 Å². The minimum atomic E-state index is -0.953. The van der Waals surface area contributed by atoms with Crippen LogP contribution in [0.15, 0.2) is 36.5 Å². The molecule has 0 saturated carbocycles. The minimum absolute atomic E-state index is 0.118. The number of aromatic hydroxyl groups is 1. The zero-order valence-electron chi connectivity index (χ0n) is 10.4. The number of benzene rings is 1. The van der Waals surface area contributed by atoms with Crippen molar-refractivity contribution in [3.8, 4) is 5.75 Å². The Balaban J connectivity index is 2.12. The molecule has 1 aromatic carbocycles. The smallest absolute Gasteiger partial charge is 0.335 e. The van der Waals surface area contributed by atoms with Gasteiger partial charge in [0.05, 0.1) is 24.0 Å². The average Bonchev–Trinajstić information content (AvgIpc) is 2.39. The molecule has 0 fully saturated rings. The predicted octanol–water partition coefficient (Wildman–Crippen LogP) is 2.41. The summed E-state index contributed by atoms with van der Waals surface area (Å²) in [7, 11) is 0. The van der Waals surface area contributed by atoms with Crippen molar-refractivity contribution in [3.63, 3.8) is 0 Å². The fraction of sp³-hybridized carbons (Fsp3) is 0.143. The Morgan fingerprint density at radius 1 is 1.32 bits per heavy atom. The van der Waals surface area contributed by atoms with Crippen LogP contribution in [0.4, 0.5) is 5.69 Å². The Kier molecular flexibility index (Phi) is 3.66. The van der Waals surface area contributed by atoms with E-state index in [4.69, 9.17) is 10.2 Å². The van der Waals surface area contributed by atoms with E-state index < -0.39 is 5.97 Å². The van der Waals surface area contributed by atoms with Crippen LogP contribution in [0.1, 0.15) is 21.6 Å². The van der Waals surface area contributed by atoms with Crippen LogP contribution in [0, 0.1) is 6.92 Å². The van der Waals surface area contributed by atoms with Crippen LogP contribution in [-0.4, -0.2) is 21.2 Å². The van der Waals surface area contributed by atoms with E-state index in [1.165, 1.54) is 6.20 Å². The van der Waals surface area contributed by atoms with Crippen molar-refractivity contribution in [2.75, 3.05) is 5.32 Å². The average molecular weight is 258 g/mol. The quantitative estimate of drug-likeness (QED) is 0.784. The number of nitrogens with one attached hydrogen (secondary N) is 1. The predicted molar refractivity (Wildman–Crippen MR) is 71.4 cm³/mol. The molecule has 2 aromatic rings. The van der Waals surface area contributed by atoms with Gasteiger partial charge >= 0.3 is 5.97 Å². The van der Waals surface area contributed by atoms with Crippen molar-refractivity contribution in [2.24, 2.45) is 0 Å². The number of carbonyl (C=O) groups is 1. The van der Waals surface area contributed by atoms with Gasteiger partial charge in [0.2, 0.25) is 0 Å². The highest BCUT2D eigenvalue weighted by Gasteiger charge is 2.06. The lowest BCUT2D eigenvalue weighted by molar-refractivity contribution is 0.0697. The molecule has 5 nitrogen and oxygen atoms in total. The number of rotatable bonds is 4. The summed E-state index contributed by atoms with van der Waals surface area (Å²) in [5.41, 5.74) is 2.73. The molecule has 0 saturated heterocycles. The molecule has 0 bridgehead atoms. The molecule has 0 radical (unpaired) electrons. The van der Waals surface area contributed by atoms with Crippen molar-refractivity contribution in [2.45, 2.75) is 13.5 Å². The summed E-state index contributed by atoms with van der Waals surface area (Å²) in [5, 5.41) is 21.2. The van der Waals surface area contributed by atoms with E-state index in [2.05, 4.69) is 10.3 Å². The molecule has 0 aliphatic rings. The van der Waals surface area contributed by atoms with Crippen molar-refractivity contribution >= 4 is 11.7 Å². The molecule has 0 spiro atoms. The molecule has 0 amide bonds. The van der Waals surface area contributed by atoms with Gasteiger partial charge in [0.25, 0.3) is 0 Å². The van der Waals surface area contributed by atoms with E-state index in [1.54, 1.807) is 30.3 Å². The molecule has 5 heteroatoms. The first-order valence-electron chi connectivity index (χ1n) is 5.78. The highest BCUT2D eigenvalue weighted by Crippen LogP contribution is 2.18. The van der Waals surface area contributed by atoms with Gasteiger partial charge in [-0.25, -0.2) is 4.79 Å². The SMILES string of the molecule is Cc1ccc(C(=O)O)cc1NCc1ccc(O)cn1. The van der Waals surface area contributed by atoms with E-state index in [1.807, 2.05) is 6.92 Å². The normalized spacial score (nSPS) is 10.2. The number of anilines is 1. The molecule has 98 valence electrons.